The summed E-state index contributed by atoms with van der Waals surface area (Å²) in [5.74, 6) is -7.59. The maximum absolute atomic E-state index is 13.2. The van der Waals surface area contributed by atoms with Gasteiger partial charge in [0.2, 0.25) is 6.29 Å². The Labute approximate surface area is 291 Å². The number of carbonyl (C=O) groups excluding carboxylic acids is 5. The van der Waals surface area contributed by atoms with Gasteiger partial charge in [0.25, 0.3) is 0 Å². The van der Waals surface area contributed by atoms with Crippen molar-refractivity contribution in [2.45, 2.75) is 102 Å². The number of rotatable bonds is 16. The number of phenols is 3. The zero-order valence-electron chi connectivity index (χ0n) is 27.9. The summed E-state index contributed by atoms with van der Waals surface area (Å²) in [6.07, 6.45) is -13.6. The minimum absolute atomic E-state index is 0.0129. The van der Waals surface area contributed by atoms with Crippen LogP contribution in [0.1, 0.15) is 56.8 Å². The summed E-state index contributed by atoms with van der Waals surface area (Å²) in [6, 6.07) is 1.56. The molecule has 282 valence electrons. The first-order valence-electron chi connectivity index (χ1n) is 15.9. The molecule has 1 aromatic rings. The molecule has 0 aromatic heterocycles. The number of aliphatic hydroxyl groups excluding tert-OH is 5. The molecule has 0 radical (unpaired) electrons. The first kappa shape index (κ1) is 41.0. The number of aldehydes is 1. The fourth-order valence-electron chi connectivity index (χ4n) is 5.22. The molecule has 8 N–H and O–H groups in total. The van der Waals surface area contributed by atoms with Crippen molar-refractivity contribution in [1.82, 2.24) is 0 Å². The lowest BCUT2D eigenvalue weighted by Crippen LogP contribution is -2.50. The molecule has 1 fully saturated rings. The molecule has 1 aromatic carbocycles. The molecule has 1 saturated carbocycles. The predicted octanol–water partition coefficient (Wildman–Crippen LogP) is -0.842. The Bertz CT molecular complexity index is 1460. The standard InChI is InChI=1S/C33H42O18/c1-4-14(3)48-30(24(5-2)49-32(46)17-10-22(39)29(44)23(40)11-17)33(50-25(12-34)15-6-18(35)27(42)19(36)7-15)51-26(41)13-47-31(45)16-8-20(37)28(43)21(38)9-16/h4,6,8-9,12,17-19,24-27,29-30,33,35-38,41-44H,5,7,10-11,13H2,1-3H3. The van der Waals surface area contributed by atoms with Crippen molar-refractivity contribution in [2.75, 3.05) is 6.61 Å². The van der Waals surface area contributed by atoms with Crippen LogP contribution in [0.5, 0.6) is 17.2 Å². The topological polar surface area (TPSA) is 293 Å². The number of hydrogen-bond donors (Lipinski definition) is 8. The summed E-state index contributed by atoms with van der Waals surface area (Å²) >= 11 is 0. The van der Waals surface area contributed by atoms with Gasteiger partial charge < -0.3 is 69.3 Å². The number of ether oxygens (including phenoxy) is 5. The highest BCUT2D eigenvalue weighted by Crippen LogP contribution is 2.35. The number of phenolic OH excluding ortho intramolecular Hbond substituents is 3. The Kier molecular flexibility index (Phi) is 14.6. The first-order valence-corrected chi connectivity index (χ1v) is 15.9. The summed E-state index contributed by atoms with van der Waals surface area (Å²) in [4.78, 5) is 62.3. The average molecular weight is 727 g/mol. The van der Waals surface area contributed by atoms with E-state index in [1.165, 1.54) is 13.0 Å². The van der Waals surface area contributed by atoms with E-state index in [1.54, 1.807) is 13.8 Å². The van der Waals surface area contributed by atoms with Gasteiger partial charge in [-0.15, -0.1) is 0 Å². The van der Waals surface area contributed by atoms with Crippen LogP contribution in [0.15, 0.2) is 35.6 Å². The molecule has 2 aliphatic rings. The first-order chi connectivity index (χ1) is 24.0. The number of aromatic hydroxyl groups is 3. The second-order valence-corrected chi connectivity index (χ2v) is 11.9. The van der Waals surface area contributed by atoms with Gasteiger partial charge in [-0.05, 0) is 50.5 Å². The van der Waals surface area contributed by atoms with Crippen LogP contribution in [0.2, 0.25) is 0 Å². The Morgan fingerprint density at radius 2 is 1.57 bits per heavy atom. The molecule has 51 heavy (non-hydrogen) atoms. The third-order valence-electron chi connectivity index (χ3n) is 8.17. The fraction of sp³-hybridized carbons (Fsp3) is 0.545. The van der Waals surface area contributed by atoms with E-state index in [9.17, 15) is 64.8 Å². The van der Waals surface area contributed by atoms with Crippen LogP contribution in [0.3, 0.4) is 0 Å². The molecule has 2 aliphatic carbocycles. The highest BCUT2D eigenvalue weighted by Gasteiger charge is 2.43. The summed E-state index contributed by atoms with van der Waals surface area (Å²) in [5, 5.41) is 79.9. The smallest absolute Gasteiger partial charge is 0.338 e. The van der Waals surface area contributed by atoms with E-state index < -0.39 is 127 Å². The lowest BCUT2D eigenvalue weighted by molar-refractivity contribution is -0.287. The summed E-state index contributed by atoms with van der Waals surface area (Å²) < 4.78 is 28.2. The Hall–Kier alpha value is -4.43. The van der Waals surface area contributed by atoms with Gasteiger partial charge in [0.15, 0.2) is 53.6 Å². The van der Waals surface area contributed by atoms with Crippen molar-refractivity contribution >= 4 is 29.8 Å². The van der Waals surface area contributed by atoms with Crippen molar-refractivity contribution in [3.63, 3.8) is 0 Å². The Balaban J connectivity index is 1.94. The molecule has 0 heterocycles. The molecule has 18 heteroatoms. The van der Waals surface area contributed by atoms with Gasteiger partial charge in [0.1, 0.15) is 31.0 Å². The van der Waals surface area contributed by atoms with Gasteiger partial charge in [-0.3, -0.25) is 14.4 Å². The molecular formula is C33H42O18. The van der Waals surface area contributed by atoms with E-state index >= 15 is 0 Å². The molecule has 8 unspecified atom stereocenters. The second-order valence-electron chi connectivity index (χ2n) is 11.9. The third-order valence-corrected chi connectivity index (χ3v) is 8.17. The number of carbonyl (C=O) groups is 5. The van der Waals surface area contributed by atoms with Gasteiger partial charge in [-0.1, -0.05) is 13.0 Å². The SMILES string of the molecule is CC=C(C)OC(C(CC)OC(=O)C1CC(=O)C(O)C(=O)C1)C(OC(O)COC(=O)c1cc(O)c(O)c(O)c1)OC(C=O)C1=CC(O)C(O)C(O)C1. The number of aliphatic hydroxyl groups is 5. The number of Topliss-reactive ketones (excluding diaryl/α,β-unsaturated/α-hetero) is 2. The maximum Gasteiger partial charge on any atom is 0.338 e. The average Bonchev–Trinajstić information content (AvgIpc) is 3.09. The van der Waals surface area contributed by atoms with E-state index in [-0.39, 0.29) is 30.5 Å². The van der Waals surface area contributed by atoms with Crippen molar-refractivity contribution in [3.8, 4) is 17.2 Å². The number of benzene rings is 1. The van der Waals surface area contributed by atoms with Gasteiger partial charge >= 0.3 is 11.9 Å². The third kappa shape index (κ3) is 10.5. The highest BCUT2D eigenvalue weighted by atomic mass is 16.8. The quantitative estimate of drug-likeness (QED) is 0.0196. The van der Waals surface area contributed by atoms with Crippen LogP contribution in [0, 0.1) is 5.92 Å². The van der Waals surface area contributed by atoms with Crippen molar-refractivity contribution < 1.29 is 88.5 Å². The minimum Gasteiger partial charge on any atom is -0.504 e. The fourth-order valence-corrected chi connectivity index (χ4v) is 5.22. The highest BCUT2D eigenvalue weighted by molar-refractivity contribution is 6.09. The van der Waals surface area contributed by atoms with Crippen LogP contribution in [-0.4, -0.2) is 133 Å². The van der Waals surface area contributed by atoms with E-state index in [0.717, 1.165) is 18.2 Å². The minimum atomic E-state index is -2.08. The zero-order chi connectivity index (χ0) is 38.2. The molecule has 18 nitrogen and oxygen atoms in total. The van der Waals surface area contributed by atoms with E-state index in [0.29, 0.717) is 0 Å². The molecule has 3 rings (SSSR count). The summed E-state index contributed by atoms with van der Waals surface area (Å²) in [7, 11) is 0. The van der Waals surface area contributed by atoms with Crippen molar-refractivity contribution in [2.24, 2.45) is 5.92 Å². The van der Waals surface area contributed by atoms with Crippen molar-refractivity contribution in [3.05, 3.63) is 41.2 Å². The summed E-state index contributed by atoms with van der Waals surface area (Å²) in [6.45, 7) is 3.68. The van der Waals surface area contributed by atoms with E-state index in [2.05, 4.69) is 0 Å². The predicted molar refractivity (Wildman–Crippen MR) is 167 cm³/mol. The molecule has 8 atom stereocenters. The number of hydrogen-bond acceptors (Lipinski definition) is 18. The second kappa shape index (κ2) is 18.2. The Morgan fingerprint density at radius 3 is 2.10 bits per heavy atom. The molecule has 0 aliphatic heterocycles. The largest absolute Gasteiger partial charge is 0.504 e. The lowest BCUT2D eigenvalue weighted by Gasteiger charge is -2.37. The molecule has 0 saturated heterocycles. The van der Waals surface area contributed by atoms with Crippen LogP contribution < -0.4 is 0 Å². The number of allylic oxidation sites excluding steroid dienone is 2. The maximum atomic E-state index is 13.2. The van der Waals surface area contributed by atoms with Gasteiger partial charge in [-0.2, -0.15) is 0 Å². The Morgan fingerprint density at radius 1 is 0.961 bits per heavy atom. The molecule has 0 spiro atoms. The molecule has 0 bridgehead atoms. The van der Waals surface area contributed by atoms with Crippen LogP contribution in [-0.2, 0) is 42.9 Å². The number of esters is 2. The zero-order valence-corrected chi connectivity index (χ0v) is 27.9. The van der Waals surface area contributed by atoms with Gasteiger partial charge in [0, 0.05) is 12.8 Å². The molecule has 0 amide bonds. The molecular weight excluding hydrogens is 684 g/mol. The van der Waals surface area contributed by atoms with Crippen LogP contribution in [0.4, 0.5) is 0 Å². The summed E-state index contributed by atoms with van der Waals surface area (Å²) in [5.41, 5.74) is -0.441. The van der Waals surface area contributed by atoms with E-state index in [4.69, 9.17) is 23.7 Å². The van der Waals surface area contributed by atoms with E-state index in [1.807, 2.05) is 0 Å². The van der Waals surface area contributed by atoms with Crippen LogP contribution in [0.25, 0.3) is 0 Å². The van der Waals surface area contributed by atoms with Crippen LogP contribution >= 0.6 is 0 Å². The van der Waals surface area contributed by atoms with Gasteiger partial charge in [-0.25, -0.2) is 4.79 Å². The van der Waals surface area contributed by atoms with Crippen molar-refractivity contribution in [1.29, 1.82) is 0 Å². The monoisotopic (exact) mass is 726 g/mol. The normalized spacial score (nSPS) is 25.5. The number of ketones is 2. The van der Waals surface area contributed by atoms with Gasteiger partial charge in [0.05, 0.1) is 23.3 Å². The lowest BCUT2D eigenvalue weighted by atomic mass is 9.85.